The Morgan fingerprint density at radius 1 is 1.40 bits per heavy atom. The molecular weight excluding hydrogens is 276 g/mol. The third kappa shape index (κ3) is 4.68. The van der Waals surface area contributed by atoms with Crippen molar-refractivity contribution in [2.24, 2.45) is 0 Å². The molecule has 1 N–H and O–H groups in total. The van der Waals surface area contributed by atoms with Crippen LogP contribution in [0.4, 0.5) is 5.69 Å². The summed E-state index contributed by atoms with van der Waals surface area (Å²) in [5.41, 5.74) is 1.39. The third-order valence-electron chi connectivity index (χ3n) is 3.26. The first-order valence-corrected chi connectivity index (χ1v) is 7.30. The minimum absolute atomic E-state index is 0.342. The summed E-state index contributed by atoms with van der Waals surface area (Å²) in [6.45, 7) is 3.12. The summed E-state index contributed by atoms with van der Waals surface area (Å²) in [5.74, 6) is 0. The molecule has 1 aliphatic rings. The minimum atomic E-state index is 0.342. The van der Waals surface area contributed by atoms with Crippen LogP contribution in [0.1, 0.15) is 24.8 Å². The highest BCUT2D eigenvalue weighted by Gasteiger charge is 2.13. The van der Waals surface area contributed by atoms with Crippen molar-refractivity contribution in [3.8, 4) is 6.07 Å². The number of hydrogen-bond acceptors (Lipinski definition) is 4. The summed E-state index contributed by atoms with van der Waals surface area (Å²) < 4.78 is 11.1. The van der Waals surface area contributed by atoms with Crippen molar-refractivity contribution in [1.82, 2.24) is 0 Å². The van der Waals surface area contributed by atoms with Crippen LogP contribution in [0.2, 0.25) is 5.02 Å². The zero-order valence-electron chi connectivity index (χ0n) is 11.4. The number of anilines is 1. The highest BCUT2D eigenvalue weighted by atomic mass is 35.5. The number of benzene rings is 1. The molecule has 4 nitrogen and oxygen atoms in total. The Hall–Kier alpha value is -1.28. The smallest absolute Gasteiger partial charge is 0.101 e. The van der Waals surface area contributed by atoms with Gasteiger partial charge in [-0.05, 0) is 37.5 Å². The van der Waals surface area contributed by atoms with E-state index in [1.54, 1.807) is 12.1 Å². The van der Waals surface area contributed by atoms with Crippen molar-refractivity contribution < 1.29 is 9.47 Å². The van der Waals surface area contributed by atoms with Crippen LogP contribution in [0.5, 0.6) is 0 Å². The molecule has 0 aliphatic carbocycles. The molecule has 0 unspecified atom stereocenters. The average Bonchev–Trinajstić information content (AvgIpc) is 2.49. The first-order valence-electron chi connectivity index (χ1n) is 6.92. The highest BCUT2D eigenvalue weighted by Crippen LogP contribution is 2.19. The number of ether oxygens (including phenoxy) is 2. The molecule has 1 saturated heterocycles. The second-order valence-electron chi connectivity index (χ2n) is 4.76. The molecule has 1 fully saturated rings. The Labute approximate surface area is 124 Å². The summed E-state index contributed by atoms with van der Waals surface area (Å²) in [5, 5.41) is 12.9. The van der Waals surface area contributed by atoms with E-state index in [2.05, 4.69) is 11.4 Å². The largest absolute Gasteiger partial charge is 0.384 e. The van der Waals surface area contributed by atoms with Gasteiger partial charge >= 0.3 is 0 Å². The van der Waals surface area contributed by atoms with Crippen LogP contribution in [0, 0.1) is 11.3 Å². The van der Waals surface area contributed by atoms with Gasteiger partial charge in [0.2, 0.25) is 0 Å². The molecule has 20 heavy (non-hydrogen) atoms. The molecule has 0 saturated carbocycles. The molecular formula is C15H19ClN2O2. The normalized spacial score (nSPS) is 15.8. The van der Waals surface area contributed by atoms with Crippen molar-refractivity contribution in [2.45, 2.75) is 25.4 Å². The number of nitrogens with one attached hydrogen (secondary N) is 1. The van der Waals surface area contributed by atoms with E-state index in [4.69, 9.17) is 26.3 Å². The summed E-state index contributed by atoms with van der Waals surface area (Å²) in [6, 6.07) is 7.42. The molecule has 1 aromatic rings. The van der Waals surface area contributed by atoms with Gasteiger partial charge in [0.25, 0.3) is 0 Å². The molecule has 0 radical (unpaired) electrons. The fourth-order valence-corrected chi connectivity index (χ4v) is 2.32. The second-order valence-corrected chi connectivity index (χ2v) is 5.20. The van der Waals surface area contributed by atoms with E-state index in [0.29, 0.717) is 16.7 Å². The molecule has 5 heteroatoms. The van der Waals surface area contributed by atoms with Crippen LogP contribution >= 0.6 is 11.6 Å². The topological polar surface area (TPSA) is 54.3 Å². The summed E-state index contributed by atoms with van der Waals surface area (Å²) >= 11 is 5.86. The predicted octanol–water partition coefficient (Wildman–Crippen LogP) is 3.21. The Kier molecular flexibility index (Phi) is 6.13. The quantitative estimate of drug-likeness (QED) is 0.819. The fraction of sp³-hybridized carbons (Fsp3) is 0.533. The van der Waals surface area contributed by atoms with Gasteiger partial charge in [-0.3, -0.25) is 0 Å². The van der Waals surface area contributed by atoms with Crippen LogP contribution in [-0.2, 0) is 9.47 Å². The summed E-state index contributed by atoms with van der Waals surface area (Å²) in [6.07, 6.45) is 3.23. The van der Waals surface area contributed by atoms with E-state index in [-0.39, 0.29) is 0 Å². The van der Waals surface area contributed by atoms with Gasteiger partial charge in [-0.15, -0.1) is 0 Å². The maximum atomic E-state index is 9.03. The van der Waals surface area contributed by atoms with Crippen LogP contribution < -0.4 is 5.32 Å². The second kappa shape index (κ2) is 8.11. The third-order valence-corrected chi connectivity index (χ3v) is 3.50. The lowest BCUT2D eigenvalue weighted by molar-refractivity contribution is -0.0316. The van der Waals surface area contributed by atoms with E-state index in [0.717, 1.165) is 51.3 Å². The first kappa shape index (κ1) is 15.1. The number of nitrogens with zero attached hydrogens (tertiary/aromatic N) is 1. The molecule has 0 spiro atoms. The van der Waals surface area contributed by atoms with Gasteiger partial charge in [0.15, 0.2) is 0 Å². The zero-order chi connectivity index (χ0) is 14.2. The Balaban J connectivity index is 1.67. The van der Waals surface area contributed by atoms with Crippen LogP contribution in [0.3, 0.4) is 0 Å². The van der Waals surface area contributed by atoms with Gasteiger partial charge in [-0.2, -0.15) is 5.26 Å². The maximum absolute atomic E-state index is 9.03. The molecule has 108 valence electrons. The lowest BCUT2D eigenvalue weighted by atomic mass is 10.1. The molecule has 0 amide bonds. The zero-order valence-corrected chi connectivity index (χ0v) is 12.2. The Morgan fingerprint density at radius 3 is 2.95 bits per heavy atom. The number of nitriles is 1. The van der Waals surface area contributed by atoms with Gasteiger partial charge in [-0.1, -0.05) is 11.6 Å². The van der Waals surface area contributed by atoms with Gasteiger partial charge in [0.05, 0.1) is 17.4 Å². The number of halogens is 1. The molecule has 1 aliphatic heterocycles. The van der Waals surface area contributed by atoms with Crippen LogP contribution in [0.25, 0.3) is 0 Å². The standard InChI is InChI=1S/C15H19ClN2O2/c16-13-2-3-15(12(10-13)11-17)18-6-1-7-20-14-4-8-19-9-5-14/h2-3,10,14,18H,1,4-9H2. The van der Waals surface area contributed by atoms with Gasteiger partial charge in [0, 0.05) is 31.4 Å². The molecule has 0 bridgehead atoms. The van der Waals surface area contributed by atoms with Gasteiger partial charge in [-0.25, -0.2) is 0 Å². The minimum Gasteiger partial charge on any atom is -0.384 e. The van der Waals surface area contributed by atoms with Crippen molar-refractivity contribution in [3.05, 3.63) is 28.8 Å². The Morgan fingerprint density at radius 2 is 2.20 bits per heavy atom. The molecule has 0 atom stereocenters. The van der Waals surface area contributed by atoms with Crippen LogP contribution in [-0.4, -0.2) is 32.5 Å². The first-order chi connectivity index (χ1) is 9.79. The van der Waals surface area contributed by atoms with E-state index in [9.17, 15) is 0 Å². The van der Waals surface area contributed by atoms with E-state index < -0.39 is 0 Å². The number of hydrogen-bond donors (Lipinski definition) is 1. The van der Waals surface area contributed by atoms with Crippen molar-refractivity contribution >= 4 is 17.3 Å². The van der Waals surface area contributed by atoms with Gasteiger partial charge < -0.3 is 14.8 Å². The molecule has 1 aromatic carbocycles. The molecule has 1 heterocycles. The maximum Gasteiger partial charge on any atom is 0.101 e. The number of rotatable bonds is 6. The Bertz CT molecular complexity index is 467. The van der Waals surface area contributed by atoms with Crippen molar-refractivity contribution in [2.75, 3.05) is 31.7 Å². The lowest BCUT2D eigenvalue weighted by Crippen LogP contribution is -2.24. The van der Waals surface area contributed by atoms with Crippen LogP contribution in [0.15, 0.2) is 18.2 Å². The predicted molar refractivity (Wildman–Crippen MR) is 79.1 cm³/mol. The monoisotopic (exact) mass is 294 g/mol. The molecule has 0 aromatic heterocycles. The van der Waals surface area contributed by atoms with E-state index in [1.165, 1.54) is 0 Å². The highest BCUT2D eigenvalue weighted by molar-refractivity contribution is 6.30. The summed E-state index contributed by atoms with van der Waals surface area (Å²) in [7, 11) is 0. The van der Waals surface area contributed by atoms with Gasteiger partial charge in [0.1, 0.15) is 6.07 Å². The van der Waals surface area contributed by atoms with E-state index in [1.807, 2.05) is 6.07 Å². The molecule has 2 rings (SSSR count). The summed E-state index contributed by atoms with van der Waals surface area (Å²) in [4.78, 5) is 0. The van der Waals surface area contributed by atoms with E-state index >= 15 is 0 Å². The SMILES string of the molecule is N#Cc1cc(Cl)ccc1NCCCOC1CCOCC1. The van der Waals surface area contributed by atoms with Crippen molar-refractivity contribution in [3.63, 3.8) is 0 Å². The fourth-order valence-electron chi connectivity index (χ4n) is 2.15. The lowest BCUT2D eigenvalue weighted by Gasteiger charge is -2.22. The van der Waals surface area contributed by atoms with Crippen molar-refractivity contribution in [1.29, 1.82) is 5.26 Å². The average molecular weight is 295 g/mol.